The van der Waals surface area contributed by atoms with E-state index in [2.05, 4.69) is 9.97 Å². The van der Waals surface area contributed by atoms with Gasteiger partial charge in [-0.1, -0.05) is 11.6 Å². The molecule has 4 heteroatoms. The van der Waals surface area contributed by atoms with Crippen molar-refractivity contribution in [2.75, 3.05) is 0 Å². The predicted molar refractivity (Wildman–Crippen MR) is 68.9 cm³/mol. The lowest BCUT2D eigenvalue weighted by molar-refractivity contribution is 0.712. The lowest BCUT2D eigenvalue weighted by atomic mass is 9.98. The minimum absolute atomic E-state index is 0.0939. The molecule has 0 saturated carbocycles. The Bertz CT molecular complexity index is 514. The lowest BCUT2D eigenvalue weighted by Crippen LogP contribution is -2.15. The van der Waals surface area contributed by atoms with Gasteiger partial charge in [-0.05, 0) is 42.2 Å². The summed E-state index contributed by atoms with van der Waals surface area (Å²) in [5, 5.41) is 0.657. The van der Waals surface area contributed by atoms with Gasteiger partial charge in [0.15, 0.2) is 0 Å². The molecule has 0 fully saturated rings. The fourth-order valence-electron chi connectivity index (χ4n) is 1.78. The van der Waals surface area contributed by atoms with Crippen LogP contribution < -0.4 is 5.73 Å². The van der Waals surface area contributed by atoms with Crippen molar-refractivity contribution in [1.82, 2.24) is 9.97 Å². The summed E-state index contributed by atoms with van der Waals surface area (Å²) in [5.74, 6) is 0. The second-order valence-electron chi connectivity index (χ2n) is 4.01. The first-order valence-corrected chi connectivity index (χ1v) is 5.80. The van der Waals surface area contributed by atoms with Gasteiger partial charge in [0, 0.05) is 30.8 Å². The number of aromatic nitrogens is 2. The van der Waals surface area contributed by atoms with Crippen molar-refractivity contribution < 1.29 is 0 Å². The zero-order chi connectivity index (χ0) is 12.3. The fourth-order valence-corrected chi connectivity index (χ4v) is 1.98. The number of rotatable bonds is 3. The van der Waals surface area contributed by atoms with Crippen LogP contribution in [0.1, 0.15) is 22.7 Å². The average Bonchev–Trinajstić information content (AvgIpc) is 2.32. The molecule has 2 heterocycles. The van der Waals surface area contributed by atoms with Crippen LogP contribution in [0.5, 0.6) is 0 Å². The van der Waals surface area contributed by atoms with Gasteiger partial charge in [0.1, 0.15) is 0 Å². The van der Waals surface area contributed by atoms with Crippen molar-refractivity contribution in [3.63, 3.8) is 0 Å². The van der Waals surface area contributed by atoms with Crippen LogP contribution in [0.2, 0.25) is 5.02 Å². The second kappa shape index (κ2) is 5.25. The van der Waals surface area contributed by atoms with Gasteiger partial charge in [0.05, 0.1) is 5.02 Å². The van der Waals surface area contributed by atoms with Crippen molar-refractivity contribution in [2.45, 2.75) is 19.4 Å². The van der Waals surface area contributed by atoms with E-state index in [0.29, 0.717) is 11.4 Å². The van der Waals surface area contributed by atoms with Crippen LogP contribution in [-0.2, 0) is 6.42 Å². The summed E-state index contributed by atoms with van der Waals surface area (Å²) in [6, 6.07) is 3.76. The van der Waals surface area contributed by atoms with Gasteiger partial charge in [-0.3, -0.25) is 9.97 Å². The van der Waals surface area contributed by atoms with Crippen LogP contribution in [-0.4, -0.2) is 9.97 Å². The average molecular weight is 248 g/mol. The van der Waals surface area contributed by atoms with Crippen molar-refractivity contribution in [2.24, 2.45) is 5.73 Å². The molecule has 0 aromatic carbocycles. The molecule has 2 aromatic rings. The largest absolute Gasteiger partial charge is 0.324 e. The molecule has 0 radical (unpaired) electrons. The number of nitrogens with two attached hydrogens (primary N) is 1. The minimum atomic E-state index is -0.0939. The topological polar surface area (TPSA) is 51.8 Å². The molecule has 0 aliphatic heterocycles. The Hall–Kier alpha value is -1.45. The molecule has 1 unspecified atom stereocenters. The van der Waals surface area contributed by atoms with Gasteiger partial charge in [0.25, 0.3) is 0 Å². The molecule has 1 atom stereocenters. The van der Waals surface area contributed by atoms with E-state index in [1.165, 1.54) is 0 Å². The molecule has 3 nitrogen and oxygen atoms in total. The number of nitrogens with zero attached hydrogens (tertiary/aromatic N) is 2. The molecule has 0 aliphatic carbocycles. The third-order valence-electron chi connectivity index (χ3n) is 2.78. The van der Waals surface area contributed by atoms with E-state index in [9.17, 15) is 0 Å². The van der Waals surface area contributed by atoms with E-state index in [0.717, 1.165) is 16.7 Å². The molecule has 0 amide bonds. The van der Waals surface area contributed by atoms with Crippen LogP contribution in [0.25, 0.3) is 0 Å². The molecular formula is C13H14ClN3. The van der Waals surface area contributed by atoms with E-state index in [1.54, 1.807) is 18.6 Å². The van der Waals surface area contributed by atoms with Crippen molar-refractivity contribution in [1.29, 1.82) is 0 Å². The van der Waals surface area contributed by atoms with Crippen molar-refractivity contribution in [3.8, 4) is 0 Å². The summed E-state index contributed by atoms with van der Waals surface area (Å²) in [6.07, 6.45) is 7.64. The zero-order valence-electron chi connectivity index (χ0n) is 9.60. The first kappa shape index (κ1) is 12.0. The maximum Gasteiger partial charge on any atom is 0.0622 e. The first-order valence-electron chi connectivity index (χ1n) is 5.43. The van der Waals surface area contributed by atoms with Gasteiger partial charge in [0.2, 0.25) is 0 Å². The quantitative estimate of drug-likeness (QED) is 0.907. The van der Waals surface area contributed by atoms with Gasteiger partial charge >= 0.3 is 0 Å². The van der Waals surface area contributed by atoms with Crippen molar-refractivity contribution >= 4 is 11.6 Å². The molecule has 2 aromatic heterocycles. The summed E-state index contributed by atoms with van der Waals surface area (Å²) < 4.78 is 0. The highest BCUT2D eigenvalue weighted by Crippen LogP contribution is 2.22. The molecule has 2 N–H and O–H groups in total. The highest BCUT2D eigenvalue weighted by molar-refractivity contribution is 6.31. The Balaban J connectivity index is 2.20. The normalized spacial score (nSPS) is 12.4. The molecular weight excluding hydrogens is 234 g/mol. The molecule has 2 rings (SSSR count). The first-order chi connectivity index (χ1) is 8.18. The van der Waals surface area contributed by atoms with Gasteiger partial charge < -0.3 is 5.73 Å². The van der Waals surface area contributed by atoms with Crippen LogP contribution in [0.4, 0.5) is 0 Å². The van der Waals surface area contributed by atoms with E-state index in [-0.39, 0.29) is 6.04 Å². The molecule has 0 aliphatic rings. The van der Waals surface area contributed by atoms with E-state index in [4.69, 9.17) is 17.3 Å². The van der Waals surface area contributed by atoms with E-state index < -0.39 is 0 Å². The number of pyridine rings is 2. The second-order valence-corrected chi connectivity index (χ2v) is 4.42. The van der Waals surface area contributed by atoms with Crippen LogP contribution >= 0.6 is 11.6 Å². The Morgan fingerprint density at radius 3 is 2.65 bits per heavy atom. The van der Waals surface area contributed by atoms with Crippen LogP contribution in [0.15, 0.2) is 36.9 Å². The summed E-state index contributed by atoms with van der Waals surface area (Å²) in [4.78, 5) is 8.06. The van der Waals surface area contributed by atoms with E-state index >= 15 is 0 Å². The molecule has 88 valence electrons. The summed E-state index contributed by atoms with van der Waals surface area (Å²) >= 11 is 6.06. The smallest absolute Gasteiger partial charge is 0.0622 e. The molecule has 0 spiro atoms. The van der Waals surface area contributed by atoms with Gasteiger partial charge in [-0.25, -0.2) is 0 Å². The predicted octanol–water partition coefficient (Wildman–Crippen LogP) is 2.68. The minimum Gasteiger partial charge on any atom is -0.324 e. The summed E-state index contributed by atoms with van der Waals surface area (Å²) in [7, 11) is 0. The molecule has 17 heavy (non-hydrogen) atoms. The highest BCUT2D eigenvalue weighted by Gasteiger charge is 2.11. The Labute approximate surface area is 106 Å². The fraction of sp³-hybridized carbons (Fsp3) is 0.231. The lowest BCUT2D eigenvalue weighted by Gasteiger charge is -2.14. The van der Waals surface area contributed by atoms with Gasteiger partial charge in [-0.2, -0.15) is 0 Å². The Morgan fingerprint density at radius 1 is 1.24 bits per heavy atom. The SMILES string of the molecule is Cc1ccncc1C(N)Cc1ccncc1Cl. The Kier molecular flexibility index (Phi) is 3.71. The van der Waals surface area contributed by atoms with Crippen molar-refractivity contribution in [3.05, 3.63) is 58.6 Å². The number of aryl methyl sites for hydroxylation is 1. The molecule has 0 bridgehead atoms. The number of halogens is 1. The van der Waals surface area contributed by atoms with Gasteiger partial charge in [-0.15, -0.1) is 0 Å². The van der Waals surface area contributed by atoms with Crippen LogP contribution in [0.3, 0.4) is 0 Å². The maximum atomic E-state index is 6.18. The number of hydrogen-bond donors (Lipinski definition) is 1. The standard InChI is InChI=1S/C13H14ClN3/c1-9-2-4-16-7-11(9)13(15)6-10-3-5-17-8-12(10)14/h2-5,7-8,13H,6,15H2,1H3. The number of hydrogen-bond acceptors (Lipinski definition) is 3. The highest BCUT2D eigenvalue weighted by atomic mass is 35.5. The Morgan fingerprint density at radius 2 is 1.94 bits per heavy atom. The zero-order valence-corrected chi connectivity index (χ0v) is 10.4. The van der Waals surface area contributed by atoms with Crippen LogP contribution in [0, 0.1) is 6.92 Å². The molecule has 0 saturated heterocycles. The summed E-state index contributed by atoms with van der Waals surface area (Å²) in [6.45, 7) is 2.03. The monoisotopic (exact) mass is 247 g/mol. The third-order valence-corrected chi connectivity index (χ3v) is 3.12. The van der Waals surface area contributed by atoms with E-state index in [1.807, 2.05) is 25.3 Å². The third kappa shape index (κ3) is 2.81. The maximum absolute atomic E-state index is 6.18. The summed E-state index contributed by atoms with van der Waals surface area (Å²) in [5.41, 5.74) is 9.40.